The van der Waals surface area contributed by atoms with Crippen LogP contribution in [0.15, 0.2) is 30.5 Å². The third-order valence-electron chi connectivity index (χ3n) is 2.34. The van der Waals surface area contributed by atoms with Crippen molar-refractivity contribution in [2.45, 2.75) is 13.5 Å². The molecule has 0 saturated carbocycles. The van der Waals surface area contributed by atoms with Gasteiger partial charge in [0.1, 0.15) is 0 Å². The van der Waals surface area contributed by atoms with Gasteiger partial charge in [0.25, 0.3) is 5.24 Å². The summed E-state index contributed by atoms with van der Waals surface area (Å²) in [6, 6.07) is 7.77. The number of fused-ring (bicyclic) bond motifs is 1. The Morgan fingerprint density at radius 1 is 1.43 bits per heavy atom. The molecule has 1 aromatic carbocycles. The molecule has 0 amide bonds. The summed E-state index contributed by atoms with van der Waals surface area (Å²) >= 11 is 5.50. The molecule has 1 heterocycles. The van der Waals surface area contributed by atoms with E-state index in [1.165, 1.54) is 0 Å². The third-order valence-corrected chi connectivity index (χ3v) is 2.54. The predicted molar refractivity (Wildman–Crippen MR) is 57.8 cm³/mol. The lowest BCUT2D eigenvalue weighted by Crippen LogP contribution is -1.90. The van der Waals surface area contributed by atoms with Gasteiger partial charge in [-0.25, -0.2) is 0 Å². The van der Waals surface area contributed by atoms with Gasteiger partial charge < -0.3 is 4.57 Å². The molecule has 0 bridgehead atoms. The lowest BCUT2D eigenvalue weighted by Gasteiger charge is -1.97. The lowest BCUT2D eigenvalue weighted by atomic mass is 10.2. The maximum absolute atomic E-state index is 11.1. The summed E-state index contributed by atoms with van der Waals surface area (Å²) in [5.74, 6) is 0. The monoisotopic (exact) mass is 207 g/mol. The standard InChI is InChI=1S/C11H10ClNO/c1-2-13-7-9(11(12)14)8-5-3-4-6-10(8)13/h3-7H,2H2,1H3. The highest BCUT2D eigenvalue weighted by molar-refractivity contribution is 6.68. The number of benzene rings is 1. The van der Waals surface area contributed by atoms with Gasteiger partial charge in [0.2, 0.25) is 0 Å². The molecular formula is C11H10ClNO. The number of para-hydroxylation sites is 1. The maximum atomic E-state index is 11.1. The average Bonchev–Trinajstić information content (AvgIpc) is 2.56. The normalized spacial score (nSPS) is 10.7. The minimum Gasteiger partial charge on any atom is -0.347 e. The molecule has 2 rings (SSSR count). The zero-order valence-corrected chi connectivity index (χ0v) is 8.58. The van der Waals surface area contributed by atoms with Crippen LogP contribution in [-0.4, -0.2) is 9.81 Å². The van der Waals surface area contributed by atoms with Gasteiger partial charge >= 0.3 is 0 Å². The van der Waals surface area contributed by atoms with E-state index in [4.69, 9.17) is 11.6 Å². The van der Waals surface area contributed by atoms with Gasteiger partial charge in [-0.2, -0.15) is 0 Å². The molecule has 0 aliphatic carbocycles. The van der Waals surface area contributed by atoms with Crippen LogP contribution in [-0.2, 0) is 6.54 Å². The summed E-state index contributed by atoms with van der Waals surface area (Å²) in [7, 11) is 0. The Morgan fingerprint density at radius 2 is 2.14 bits per heavy atom. The molecule has 0 atom stereocenters. The van der Waals surface area contributed by atoms with E-state index in [1.54, 1.807) is 6.20 Å². The highest BCUT2D eigenvalue weighted by Crippen LogP contribution is 2.22. The van der Waals surface area contributed by atoms with Crippen molar-refractivity contribution >= 4 is 27.7 Å². The number of hydrogen-bond acceptors (Lipinski definition) is 1. The van der Waals surface area contributed by atoms with Crippen LogP contribution in [0.5, 0.6) is 0 Å². The van der Waals surface area contributed by atoms with E-state index in [2.05, 4.69) is 0 Å². The summed E-state index contributed by atoms with van der Waals surface area (Å²) in [5.41, 5.74) is 1.64. The van der Waals surface area contributed by atoms with Crippen molar-refractivity contribution in [2.24, 2.45) is 0 Å². The first-order valence-corrected chi connectivity index (χ1v) is 4.89. The first kappa shape index (κ1) is 9.28. The number of halogens is 1. The molecule has 2 aromatic rings. The Hall–Kier alpha value is -1.28. The van der Waals surface area contributed by atoms with Crippen molar-refractivity contribution < 1.29 is 4.79 Å². The van der Waals surface area contributed by atoms with Crippen molar-refractivity contribution in [3.8, 4) is 0 Å². The lowest BCUT2D eigenvalue weighted by molar-refractivity contribution is 0.108. The van der Waals surface area contributed by atoms with E-state index in [0.29, 0.717) is 5.56 Å². The summed E-state index contributed by atoms with van der Waals surface area (Å²) in [5, 5.41) is 0.530. The summed E-state index contributed by atoms with van der Waals surface area (Å²) < 4.78 is 2.02. The second kappa shape index (κ2) is 3.46. The van der Waals surface area contributed by atoms with Gasteiger partial charge in [0.05, 0.1) is 5.56 Å². The number of aromatic nitrogens is 1. The van der Waals surface area contributed by atoms with Crippen LogP contribution in [0, 0.1) is 0 Å². The molecule has 0 radical (unpaired) electrons. The Labute approximate surface area is 87.1 Å². The SMILES string of the molecule is CCn1cc(C(=O)Cl)c2ccccc21. The number of aryl methyl sites for hydroxylation is 1. The van der Waals surface area contributed by atoms with Crippen LogP contribution >= 0.6 is 11.6 Å². The molecule has 14 heavy (non-hydrogen) atoms. The molecule has 0 N–H and O–H groups in total. The van der Waals surface area contributed by atoms with Crippen LogP contribution in [0.2, 0.25) is 0 Å². The molecular weight excluding hydrogens is 198 g/mol. The fourth-order valence-electron chi connectivity index (χ4n) is 1.67. The highest BCUT2D eigenvalue weighted by atomic mass is 35.5. The first-order valence-electron chi connectivity index (χ1n) is 4.51. The molecule has 1 aromatic heterocycles. The van der Waals surface area contributed by atoms with Gasteiger partial charge in [0.15, 0.2) is 0 Å². The molecule has 72 valence electrons. The fraction of sp³-hybridized carbons (Fsp3) is 0.182. The zero-order chi connectivity index (χ0) is 10.1. The second-order valence-electron chi connectivity index (χ2n) is 3.12. The molecule has 0 aliphatic rings. The van der Waals surface area contributed by atoms with Gasteiger partial charge in [-0.3, -0.25) is 4.79 Å². The molecule has 0 spiro atoms. The minimum atomic E-state index is -0.395. The molecule has 2 nitrogen and oxygen atoms in total. The van der Waals surface area contributed by atoms with Crippen LogP contribution < -0.4 is 0 Å². The van der Waals surface area contributed by atoms with E-state index in [0.717, 1.165) is 17.4 Å². The van der Waals surface area contributed by atoms with E-state index in [-0.39, 0.29) is 0 Å². The van der Waals surface area contributed by atoms with Crippen molar-refractivity contribution in [1.29, 1.82) is 0 Å². The van der Waals surface area contributed by atoms with E-state index in [1.807, 2.05) is 35.8 Å². The van der Waals surface area contributed by atoms with E-state index in [9.17, 15) is 4.79 Å². The van der Waals surface area contributed by atoms with Gasteiger partial charge in [-0.05, 0) is 24.6 Å². The maximum Gasteiger partial charge on any atom is 0.254 e. The number of rotatable bonds is 2. The summed E-state index contributed by atoms with van der Waals surface area (Å²) in [6.07, 6.45) is 1.81. The number of carbonyl (C=O) groups excluding carboxylic acids is 1. The van der Waals surface area contributed by atoms with E-state index < -0.39 is 5.24 Å². The molecule has 0 unspecified atom stereocenters. The Balaban J connectivity index is 2.80. The van der Waals surface area contributed by atoms with Crippen molar-refractivity contribution in [3.63, 3.8) is 0 Å². The largest absolute Gasteiger partial charge is 0.347 e. The first-order chi connectivity index (χ1) is 6.74. The van der Waals surface area contributed by atoms with Gasteiger partial charge in [0, 0.05) is 23.6 Å². The minimum absolute atomic E-state index is 0.395. The predicted octanol–water partition coefficient (Wildman–Crippen LogP) is 3.04. The number of carbonyl (C=O) groups is 1. The second-order valence-corrected chi connectivity index (χ2v) is 3.46. The Morgan fingerprint density at radius 3 is 2.79 bits per heavy atom. The third kappa shape index (κ3) is 1.32. The average molecular weight is 208 g/mol. The molecule has 0 fully saturated rings. The molecule has 0 aliphatic heterocycles. The van der Waals surface area contributed by atoms with Gasteiger partial charge in [-0.1, -0.05) is 18.2 Å². The van der Waals surface area contributed by atoms with Crippen molar-refractivity contribution in [2.75, 3.05) is 0 Å². The summed E-state index contributed by atoms with van der Waals surface area (Å²) in [4.78, 5) is 11.1. The quantitative estimate of drug-likeness (QED) is 0.694. The van der Waals surface area contributed by atoms with Crippen LogP contribution in [0.25, 0.3) is 10.9 Å². The van der Waals surface area contributed by atoms with Crippen LogP contribution in [0.1, 0.15) is 17.3 Å². The van der Waals surface area contributed by atoms with E-state index >= 15 is 0 Å². The van der Waals surface area contributed by atoms with Crippen LogP contribution in [0.4, 0.5) is 0 Å². The smallest absolute Gasteiger partial charge is 0.254 e. The topological polar surface area (TPSA) is 22.0 Å². The number of nitrogens with zero attached hydrogens (tertiary/aromatic N) is 1. The molecule has 0 saturated heterocycles. The summed E-state index contributed by atoms with van der Waals surface area (Å²) in [6.45, 7) is 2.87. The highest BCUT2D eigenvalue weighted by Gasteiger charge is 2.11. The Kier molecular flexibility index (Phi) is 2.30. The van der Waals surface area contributed by atoms with Crippen molar-refractivity contribution in [3.05, 3.63) is 36.0 Å². The van der Waals surface area contributed by atoms with Crippen molar-refractivity contribution in [1.82, 2.24) is 4.57 Å². The van der Waals surface area contributed by atoms with Crippen LogP contribution in [0.3, 0.4) is 0 Å². The fourth-order valence-corrected chi connectivity index (χ4v) is 1.82. The number of hydrogen-bond donors (Lipinski definition) is 0. The Bertz CT molecular complexity index is 487. The van der Waals surface area contributed by atoms with Gasteiger partial charge in [-0.15, -0.1) is 0 Å². The zero-order valence-electron chi connectivity index (χ0n) is 7.83. The molecule has 3 heteroatoms.